The Hall–Kier alpha value is -1.04. The molecule has 0 aliphatic carbocycles. The lowest BCUT2D eigenvalue weighted by atomic mass is 10.1. The van der Waals surface area contributed by atoms with Crippen molar-refractivity contribution in [2.45, 2.75) is 19.3 Å². The third-order valence-electron chi connectivity index (χ3n) is 2.50. The molecule has 0 aliphatic rings. The fourth-order valence-electron chi connectivity index (χ4n) is 1.48. The Morgan fingerprint density at radius 3 is 2.12 bits per heavy atom. The molecule has 1 aromatic rings. The molecule has 0 saturated heterocycles. The van der Waals surface area contributed by atoms with E-state index in [0.717, 1.165) is 6.07 Å². The molecular formula is C12H17F2NO2. The van der Waals surface area contributed by atoms with E-state index < -0.39 is 11.6 Å². The Balaban J connectivity index is 2.60. The fourth-order valence-corrected chi connectivity index (χ4v) is 1.48. The lowest BCUT2D eigenvalue weighted by Gasteiger charge is -2.19. The van der Waals surface area contributed by atoms with Gasteiger partial charge in [0.1, 0.15) is 11.6 Å². The van der Waals surface area contributed by atoms with Crippen molar-refractivity contribution in [3.05, 3.63) is 35.4 Å². The first kappa shape index (κ1) is 14.0. The predicted octanol–water partition coefficient (Wildman–Crippen LogP) is 2.23. The van der Waals surface area contributed by atoms with Gasteiger partial charge in [-0.05, 0) is 24.6 Å². The number of methoxy groups -OCH3 is 2. The summed E-state index contributed by atoms with van der Waals surface area (Å²) in [5.41, 5.74) is 0.549. The Morgan fingerprint density at radius 2 is 1.65 bits per heavy atom. The van der Waals surface area contributed by atoms with E-state index >= 15 is 0 Å². The molecule has 3 nitrogen and oxygen atoms in total. The largest absolute Gasteiger partial charge is 0.355 e. The van der Waals surface area contributed by atoms with Crippen LogP contribution in [-0.2, 0) is 9.47 Å². The minimum absolute atomic E-state index is 0.187. The lowest BCUT2D eigenvalue weighted by Crippen LogP contribution is -2.31. The highest BCUT2D eigenvalue weighted by molar-refractivity contribution is 5.20. The van der Waals surface area contributed by atoms with Gasteiger partial charge in [0.25, 0.3) is 0 Å². The summed E-state index contributed by atoms with van der Waals surface area (Å²) in [5, 5.41) is 3.07. The number of nitrogens with one attached hydrogen (secondary N) is 1. The quantitative estimate of drug-likeness (QED) is 0.780. The number of ether oxygens (including phenoxy) is 2. The maximum absolute atomic E-state index is 13.0. The smallest absolute Gasteiger partial charge is 0.169 e. The highest BCUT2D eigenvalue weighted by atomic mass is 19.1. The molecule has 1 unspecified atom stereocenters. The van der Waals surface area contributed by atoms with Crippen LogP contribution in [0.5, 0.6) is 0 Å². The zero-order valence-electron chi connectivity index (χ0n) is 10.2. The van der Waals surface area contributed by atoms with Crippen LogP contribution >= 0.6 is 0 Å². The molecule has 1 rings (SSSR count). The summed E-state index contributed by atoms with van der Waals surface area (Å²) < 4.78 is 36.0. The molecule has 0 radical (unpaired) electrons. The third-order valence-corrected chi connectivity index (χ3v) is 2.50. The van der Waals surface area contributed by atoms with Crippen molar-refractivity contribution >= 4 is 0 Å². The molecule has 0 aromatic heterocycles. The SMILES string of the molecule is COC(CNC(C)c1cc(F)cc(F)c1)OC. The van der Waals surface area contributed by atoms with Crippen molar-refractivity contribution in [1.29, 1.82) is 0 Å². The van der Waals surface area contributed by atoms with Crippen LogP contribution in [0.15, 0.2) is 18.2 Å². The summed E-state index contributed by atoms with van der Waals surface area (Å²) >= 11 is 0. The van der Waals surface area contributed by atoms with Crippen LogP contribution in [0.25, 0.3) is 0 Å². The van der Waals surface area contributed by atoms with Gasteiger partial charge in [-0.25, -0.2) is 8.78 Å². The Labute approximate surface area is 99.7 Å². The predicted molar refractivity (Wildman–Crippen MR) is 60.6 cm³/mol. The first-order chi connectivity index (χ1) is 8.06. The van der Waals surface area contributed by atoms with E-state index in [0.29, 0.717) is 12.1 Å². The minimum atomic E-state index is -0.580. The molecule has 0 amide bonds. The highest BCUT2D eigenvalue weighted by Gasteiger charge is 2.11. The standard InChI is InChI=1S/C12H17F2NO2/c1-8(15-7-12(16-2)17-3)9-4-10(13)6-11(14)5-9/h4-6,8,12,15H,7H2,1-3H3. The van der Waals surface area contributed by atoms with Crippen LogP contribution in [0.4, 0.5) is 8.78 Å². The minimum Gasteiger partial charge on any atom is -0.355 e. The van der Waals surface area contributed by atoms with Gasteiger partial charge in [-0.3, -0.25) is 0 Å². The van der Waals surface area contributed by atoms with Crippen LogP contribution in [0.3, 0.4) is 0 Å². The summed E-state index contributed by atoms with van der Waals surface area (Å²) in [4.78, 5) is 0. The molecule has 0 fully saturated rings. The number of hydrogen-bond acceptors (Lipinski definition) is 3. The summed E-state index contributed by atoms with van der Waals surface area (Å²) in [6.07, 6.45) is -0.379. The molecule has 17 heavy (non-hydrogen) atoms. The van der Waals surface area contributed by atoms with Gasteiger partial charge in [-0.2, -0.15) is 0 Å². The summed E-state index contributed by atoms with van der Waals surface area (Å²) in [6.45, 7) is 2.25. The second-order valence-corrected chi connectivity index (χ2v) is 3.73. The summed E-state index contributed by atoms with van der Waals surface area (Å²) in [7, 11) is 3.06. The van der Waals surface area contributed by atoms with Gasteiger partial charge in [0.2, 0.25) is 0 Å². The van der Waals surface area contributed by atoms with E-state index in [-0.39, 0.29) is 12.3 Å². The first-order valence-corrected chi connectivity index (χ1v) is 5.31. The van der Waals surface area contributed by atoms with Gasteiger partial charge in [0.15, 0.2) is 6.29 Å². The zero-order chi connectivity index (χ0) is 12.8. The molecule has 1 aromatic carbocycles. The van der Waals surface area contributed by atoms with Crippen molar-refractivity contribution in [3.8, 4) is 0 Å². The number of rotatable bonds is 6. The van der Waals surface area contributed by atoms with Gasteiger partial charge in [-0.15, -0.1) is 0 Å². The van der Waals surface area contributed by atoms with Crippen molar-refractivity contribution in [2.24, 2.45) is 0 Å². The summed E-state index contributed by atoms with van der Waals surface area (Å²) in [6, 6.07) is 3.27. The van der Waals surface area contributed by atoms with E-state index in [1.165, 1.54) is 26.4 Å². The number of halogens is 2. The van der Waals surface area contributed by atoms with Crippen LogP contribution in [0.2, 0.25) is 0 Å². The van der Waals surface area contributed by atoms with Gasteiger partial charge < -0.3 is 14.8 Å². The average Bonchev–Trinajstić information content (AvgIpc) is 2.28. The van der Waals surface area contributed by atoms with Crippen LogP contribution < -0.4 is 5.32 Å². The topological polar surface area (TPSA) is 30.5 Å². The van der Waals surface area contributed by atoms with E-state index in [4.69, 9.17) is 9.47 Å². The molecule has 0 bridgehead atoms. The van der Waals surface area contributed by atoms with E-state index in [1.54, 1.807) is 0 Å². The van der Waals surface area contributed by atoms with E-state index in [2.05, 4.69) is 5.32 Å². The molecule has 96 valence electrons. The first-order valence-electron chi connectivity index (χ1n) is 5.31. The van der Waals surface area contributed by atoms with Gasteiger partial charge >= 0.3 is 0 Å². The maximum atomic E-state index is 13.0. The lowest BCUT2D eigenvalue weighted by molar-refractivity contribution is -0.0997. The monoisotopic (exact) mass is 245 g/mol. The normalized spacial score (nSPS) is 13.1. The van der Waals surface area contributed by atoms with Crippen molar-refractivity contribution in [3.63, 3.8) is 0 Å². The second kappa shape index (κ2) is 6.64. The fraction of sp³-hybridized carbons (Fsp3) is 0.500. The van der Waals surface area contributed by atoms with Gasteiger partial charge in [0, 0.05) is 32.9 Å². The van der Waals surface area contributed by atoms with Crippen molar-refractivity contribution in [1.82, 2.24) is 5.32 Å². The summed E-state index contributed by atoms with van der Waals surface area (Å²) in [5.74, 6) is -1.16. The number of hydrogen-bond donors (Lipinski definition) is 1. The molecule has 0 aliphatic heterocycles. The second-order valence-electron chi connectivity index (χ2n) is 3.73. The average molecular weight is 245 g/mol. The Bertz CT molecular complexity index is 336. The molecule has 0 spiro atoms. The molecule has 0 saturated carbocycles. The molecular weight excluding hydrogens is 228 g/mol. The van der Waals surface area contributed by atoms with Crippen molar-refractivity contribution in [2.75, 3.05) is 20.8 Å². The zero-order valence-corrected chi connectivity index (χ0v) is 10.2. The van der Waals surface area contributed by atoms with Crippen LogP contribution in [0.1, 0.15) is 18.5 Å². The highest BCUT2D eigenvalue weighted by Crippen LogP contribution is 2.15. The van der Waals surface area contributed by atoms with E-state index in [1.807, 2.05) is 6.92 Å². The van der Waals surface area contributed by atoms with Crippen LogP contribution in [-0.4, -0.2) is 27.1 Å². The molecule has 1 N–H and O–H groups in total. The molecule has 1 atom stereocenters. The van der Waals surface area contributed by atoms with E-state index in [9.17, 15) is 8.78 Å². The van der Waals surface area contributed by atoms with Crippen molar-refractivity contribution < 1.29 is 18.3 Å². The molecule has 0 heterocycles. The number of benzene rings is 1. The van der Waals surface area contributed by atoms with Crippen LogP contribution in [0, 0.1) is 11.6 Å². The third kappa shape index (κ3) is 4.38. The van der Waals surface area contributed by atoms with Gasteiger partial charge in [0.05, 0.1) is 0 Å². The Morgan fingerprint density at radius 1 is 1.12 bits per heavy atom. The van der Waals surface area contributed by atoms with Gasteiger partial charge in [-0.1, -0.05) is 0 Å². The Kier molecular flexibility index (Phi) is 5.47. The maximum Gasteiger partial charge on any atom is 0.169 e. The molecule has 5 heteroatoms.